The van der Waals surface area contributed by atoms with Crippen LogP contribution in [0, 0.1) is 5.41 Å². The first-order valence-corrected chi connectivity index (χ1v) is 4.46. The molecule has 1 aromatic rings. The minimum absolute atomic E-state index is 0.132. The lowest BCUT2D eigenvalue weighted by atomic mass is 9.90. The van der Waals surface area contributed by atoms with Crippen molar-refractivity contribution in [2.24, 2.45) is 5.41 Å². The van der Waals surface area contributed by atoms with Crippen LogP contribution in [-0.4, -0.2) is 16.2 Å². The maximum absolute atomic E-state index is 12.2. The van der Waals surface area contributed by atoms with Crippen LogP contribution in [0.1, 0.15) is 20.3 Å². The van der Waals surface area contributed by atoms with Crippen LogP contribution in [0.2, 0.25) is 0 Å². The third kappa shape index (κ3) is 3.32. The number of aromatic nitrogens is 2. The van der Waals surface area contributed by atoms with E-state index in [2.05, 4.69) is 5.10 Å². The molecule has 0 atom stereocenters. The van der Waals surface area contributed by atoms with E-state index >= 15 is 0 Å². The summed E-state index contributed by atoms with van der Waals surface area (Å²) in [5.41, 5.74) is 4.95. The fourth-order valence-electron chi connectivity index (χ4n) is 1.39. The van der Waals surface area contributed by atoms with Crippen molar-refractivity contribution < 1.29 is 8.78 Å². The van der Waals surface area contributed by atoms with Crippen molar-refractivity contribution >= 4 is 5.82 Å². The molecular formula is C9H15F2N3. The molecule has 0 bridgehead atoms. The summed E-state index contributed by atoms with van der Waals surface area (Å²) in [6.07, 6.45) is -0.715. The van der Waals surface area contributed by atoms with Crippen LogP contribution in [0.25, 0.3) is 0 Å². The summed E-state index contributed by atoms with van der Waals surface area (Å²) in [6, 6.07) is 1.65. The van der Waals surface area contributed by atoms with Crippen LogP contribution >= 0.6 is 0 Å². The second-order valence-electron chi connectivity index (χ2n) is 4.20. The average molecular weight is 203 g/mol. The molecule has 1 aromatic heterocycles. The molecule has 5 heteroatoms. The van der Waals surface area contributed by atoms with Gasteiger partial charge in [0, 0.05) is 19.2 Å². The second kappa shape index (κ2) is 3.94. The molecule has 0 saturated carbocycles. The SMILES string of the molecule is CC(C)(CC(F)F)Cn1ccc(N)n1. The Labute approximate surface area is 81.9 Å². The molecular weight excluding hydrogens is 188 g/mol. The molecule has 0 aliphatic heterocycles. The first-order chi connectivity index (χ1) is 6.39. The Hall–Kier alpha value is -1.13. The van der Waals surface area contributed by atoms with E-state index in [9.17, 15) is 8.78 Å². The first-order valence-electron chi connectivity index (χ1n) is 4.46. The number of halogens is 2. The van der Waals surface area contributed by atoms with Crippen LogP contribution < -0.4 is 5.73 Å². The zero-order valence-electron chi connectivity index (χ0n) is 8.37. The first kappa shape index (κ1) is 10.9. The predicted octanol–water partition coefficient (Wildman–Crippen LogP) is 2.15. The zero-order valence-corrected chi connectivity index (χ0v) is 8.37. The highest BCUT2D eigenvalue weighted by atomic mass is 19.3. The molecule has 3 nitrogen and oxygen atoms in total. The lowest BCUT2D eigenvalue weighted by Gasteiger charge is -2.23. The van der Waals surface area contributed by atoms with Crippen molar-refractivity contribution in [2.75, 3.05) is 5.73 Å². The van der Waals surface area contributed by atoms with Gasteiger partial charge in [0.2, 0.25) is 6.43 Å². The number of anilines is 1. The molecule has 14 heavy (non-hydrogen) atoms. The third-order valence-corrected chi connectivity index (χ3v) is 1.96. The zero-order chi connectivity index (χ0) is 10.8. The number of rotatable bonds is 4. The number of nitrogen functional groups attached to an aromatic ring is 1. The lowest BCUT2D eigenvalue weighted by molar-refractivity contribution is 0.0778. The Kier molecular flexibility index (Phi) is 3.08. The standard InChI is InChI=1S/C9H15F2N3/c1-9(2,5-7(10)11)6-14-4-3-8(12)13-14/h3-4,7H,5-6H2,1-2H3,(H2,12,13). The van der Waals surface area contributed by atoms with Gasteiger partial charge in [-0.15, -0.1) is 0 Å². The molecule has 0 unspecified atom stereocenters. The van der Waals surface area contributed by atoms with E-state index in [0.29, 0.717) is 12.4 Å². The molecule has 0 radical (unpaired) electrons. The minimum Gasteiger partial charge on any atom is -0.382 e. The highest BCUT2D eigenvalue weighted by Crippen LogP contribution is 2.26. The molecule has 0 aliphatic carbocycles. The van der Waals surface area contributed by atoms with Gasteiger partial charge in [0.25, 0.3) is 0 Å². The largest absolute Gasteiger partial charge is 0.382 e. The summed E-state index contributed by atoms with van der Waals surface area (Å²) in [5.74, 6) is 0.415. The van der Waals surface area contributed by atoms with Gasteiger partial charge < -0.3 is 5.73 Å². The van der Waals surface area contributed by atoms with Gasteiger partial charge in [0.05, 0.1) is 0 Å². The molecule has 2 N–H and O–H groups in total. The second-order valence-corrected chi connectivity index (χ2v) is 4.20. The summed E-state index contributed by atoms with van der Waals surface area (Å²) in [7, 11) is 0. The Balaban J connectivity index is 2.58. The van der Waals surface area contributed by atoms with E-state index in [1.807, 2.05) is 0 Å². The molecule has 0 aromatic carbocycles. The average Bonchev–Trinajstić information content (AvgIpc) is 2.30. The van der Waals surface area contributed by atoms with E-state index in [-0.39, 0.29) is 6.42 Å². The van der Waals surface area contributed by atoms with Crippen molar-refractivity contribution in [1.29, 1.82) is 0 Å². The fraction of sp³-hybridized carbons (Fsp3) is 0.667. The van der Waals surface area contributed by atoms with E-state index in [0.717, 1.165) is 0 Å². The summed E-state index contributed by atoms with van der Waals surface area (Å²) >= 11 is 0. The number of hydrogen-bond acceptors (Lipinski definition) is 2. The molecule has 0 saturated heterocycles. The van der Waals surface area contributed by atoms with Crippen molar-refractivity contribution in [1.82, 2.24) is 9.78 Å². The normalized spacial score (nSPS) is 12.4. The van der Waals surface area contributed by atoms with Crippen LogP contribution in [0.15, 0.2) is 12.3 Å². The Morgan fingerprint density at radius 1 is 1.57 bits per heavy atom. The number of nitrogens with two attached hydrogens (primary N) is 1. The van der Waals surface area contributed by atoms with Crippen molar-refractivity contribution in [3.8, 4) is 0 Å². The molecule has 0 aliphatic rings. The lowest BCUT2D eigenvalue weighted by Crippen LogP contribution is -2.23. The summed E-state index contributed by atoms with van der Waals surface area (Å²) in [6.45, 7) is 4.03. The summed E-state index contributed by atoms with van der Waals surface area (Å²) < 4.78 is 26.0. The van der Waals surface area contributed by atoms with Gasteiger partial charge in [-0.2, -0.15) is 5.10 Å². The quantitative estimate of drug-likeness (QED) is 0.814. The van der Waals surface area contributed by atoms with Gasteiger partial charge in [-0.1, -0.05) is 13.8 Å². The number of nitrogens with zero attached hydrogens (tertiary/aromatic N) is 2. The van der Waals surface area contributed by atoms with Crippen molar-refractivity contribution in [2.45, 2.75) is 33.2 Å². The molecule has 0 fully saturated rings. The highest BCUT2D eigenvalue weighted by molar-refractivity contribution is 5.23. The third-order valence-electron chi connectivity index (χ3n) is 1.96. The Bertz CT molecular complexity index is 294. The molecule has 1 heterocycles. The van der Waals surface area contributed by atoms with E-state index in [4.69, 9.17) is 5.73 Å². The predicted molar refractivity (Wildman–Crippen MR) is 51.0 cm³/mol. The number of hydrogen-bond donors (Lipinski definition) is 1. The van der Waals surface area contributed by atoms with Crippen molar-refractivity contribution in [3.05, 3.63) is 12.3 Å². The molecule has 0 spiro atoms. The van der Waals surface area contributed by atoms with Crippen LogP contribution in [0.5, 0.6) is 0 Å². The van der Waals surface area contributed by atoms with Gasteiger partial charge in [-0.25, -0.2) is 8.78 Å². The van der Waals surface area contributed by atoms with Gasteiger partial charge in [0.1, 0.15) is 5.82 Å². The van der Waals surface area contributed by atoms with Gasteiger partial charge in [0.15, 0.2) is 0 Å². The summed E-state index contributed by atoms with van der Waals surface area (Å²) in [5, 5.41) is 3.95. The maximum Gasteiger partial charge on any atom is 0.239 e. The van der Waals surface area contributed by atoms with Gasteiger partial charge in [-0.05, 0) is 11.5 Å². The smallest absolute Gasteiger partial charge is 0.239 e. The van der Waals surface area contributed by atoms with E-state index in [1.165, 1.54) is 0 Å². The highest BCUT2D eigenvalue weighted by Gasteiger charge is 2.23. The molecule has 0 amide bonds. The molecule has 80 valence electrons. The number of alkyl halides is 2. The topological polar surface area (TPSA) is 43.8 Å². The van der Waals surface area contributed by atoms with Gasteiger partial charge in [-0.3, -0.25) is 4.68 Å². The van der Waals surface area contributed by atoms with Crippen LogP contribution in [0.4, 0.5) is 14.6 Å². The summed E-state index contributed by atoms with van der Waals surface area (Å²) in [4.78, 5) is 0. The van der Waals surface area contributed by atoms with Crippen LogP contribution in [0.3, 0.4) is 0 Å². The van der Waals surface area contributed by atoms with Crippen molar-refractivity contribution in [3.63, 3.8) is 0 Å². The fourth-order valence-corrected chi connectivity index (χ4v) is 1.39. The Morgan fingerprint density at radius 2 is 2.21 bits per heavy atom. The maximum atomic E-state index is 12.2. The van der Waals surface area contributed by atoms with E-state index < -0.39 is 11.8 Å². The van der Waals surface area contributed by atoms with Crippen LogP contribution in [-0.2, 0) is 6.54 Å². The molecule has 1 rings (SSSR count). The minimum atomic E-state index is -2.28. The Morgan fingerprint density at radius 3 is 2.64 bits per heavy atom. The van der Waals surface area contributed by atoms with Gasteiger partial charge >= 0.3 is 0 Å². The van der Waals surface area contributed by atoms with E-state index in [1.54, 1.807) is 30.8 Å². The monoisotopic (exact) mass is 203 g/mol.